The fraction of sp³-hybridized carbons (Fsp3) is 0.562. The lowest BCUT2D eigenvalue weighted by Gasteiger charge is -2.23. The molecule has 3 nitrogen and oxygen atoms in total. The molecule has 0 aliphatic carbocycles. The SMILES string of the molecule is CCCCN(CCCC)C(=O)c1ccccc1OC. The Kier molecular flexibility index (Phi) is 7.01. The van der Waals surface area contributed by atoms with Crippen LogP contribution in [0.25, 0.3) is 0 Å². The van der Waals surface area contributed by atoms with Gasteiger partial charge in [-0.3, -0.25) is 4.79 Å². The highest BCUT2D eigenvalue weighted by Gasteiger charge is 2.18. The zero-order valence-corrected chi connectivity index (χ0v) is 12.3. The first-order chi connectivity index (χ1) is 9.24. The van der Waals surface area contributed by atoms with Crippen molar-refractivity contribution in [3.8, 4) is 5.75 Å². The van der Waals surface area contributed by atoms with Crippen LogP contribution in [-0.2, 0) is 0 Å². The molecule has 0 fully saturated rings. The maximum atomic E-state index is 12.6. The second kappa shape index (κ2) is 8.57. The number of para-hydroxylation sites is 1. The van der Waals surface area contributed by atoms with Crippen molar-refractivity contribution in [1.82, 2.24) is 4.90 Å². The molecule has 0 unspecified atom stereocenters. The summed E-state index contributed by atoms with van der Waals surface area (Å²) in [6.07, 6.45) is 4.29. The van der Waals surface area contributed by atoms with E-state index in [-0.39, 0.29) is 5.91 Å². The number of unbranched alkanes of at least 4 members (excludes halogenated alkanes) is 2. The fourth-order valence-electron chi connectivity index (χ4n) is 2.00. The molecule has 19 heavy (non-hydrogen) atoms. The molecule has 0 aliphatic rings. The minimum absolute atomic E-state index is 0.0827. The van der Waals surface area contributed by atoms with E-state index in [2.05, 4.69) is 13.8 Å². The monoisotopic (exact) mass is 263 g/mol. The first-order valence-electron chi connectivity index (χ1n) is 7.16. The van der Waals surface area contributed by atoms with Crippen LogP contribution in [0.3, 0.4) is 0 Å². The molecule has 1 aromatic rings. The molecule has 0 saturated carbocycles. The summed E-state index contributed by atoms with van der Waals surface area (Å²) < 4.78 is 5.28. The third-order valence-corrected chi connectivity index (χ3v) is 3.19. The van der Waals surface area contributed by atoms with E-state index in [9.17, 15) is 4.79 Å². The molecule has 0 saturated heterocycles. The Balaban J connectivity index is 2.84. The van der Waals surface area contributed by atoms with Gasteiger partial charge in [-0.15, -0.1) is 0 Å². The Labute approximate surface area is 116 Å². The zero-order chi connectivity index (χ0) is 14.1. The highest BCUT2D eigenvalue weighted by atomic mass is 16.5. The van der Waals surface area contributed by atoms with E-state index < -0.39 is 0 Å². The molecule has 1 amide bonds. The van der Waals surface area contributed by atoms with E-state index in [1.165, 1.54) is 0 Å². The molecule has 0 spiro atoms. The van der Waals surface area contributed by atoms with Gasteiger partial charge in [0.2, 0.25) is 0 Å². The fourth-order valence-corrected chi connectivity index (χ4v) is 2.00. The normalized spacial score (nSPS) is 10.3. The predicted octanol–water partition coefficient (Wildman–Crippen LogP) is 3.74. The van der Waals surface area contributed by atoms with Gasteiger partial charge in [-0.1, -0.05) is 38.8 Å². The summed E-state index contributed by atoms with van der Waals surface area (Å²) in [6.45, 7) is 5.94. The largest absolute Gasteiger partial charge is 0.496 e. The van der Waals surface area contributed by atoms with Crippen LogP contribution >= 0.6 is 0 Å². The van der Waals surface area contributed by atoms with Crippen LogP contribution in [0.4, 0.5) is 0 Å². The average molecular weight is 263 g/mol. The molecule has 1 aromatic carbocycles. The predicted molar refractivity (Wildman–Crippen MR) is 78.7 cm³/mol. The highest BCUT2D eigenvalue weighted by molar-refractivity contribution is 5.96. The van der Waals surface area contributed by atoms with Crippen LogP contribution in [0, 0.1) is 0 Å². The zero-order valence-electron chi connectivity index (χ0n) is 12.3. The second-order valence-corrected chi connectivity index (χ2v) is 4.70. The van der Waals surface area contributed by atoms with Crippen molar-refractivity contribution in [2.24, 2.45) is 0 Å². The molecule has 0 N–H and O–H groups in total. The quantitative estimate of drug-likeness (QED) is 0.715. The molecule has 1 rings (SSSR count). The number of hydrogen-bond acceptors (Lipinski definition) is 2. The smallest absolute Gasteiger partial charge is 0.257 e. The van der Waals surface area contributed by atoms with Crippen molar-refractivity contribution < 1.29 is 9.53 Å². The summed E-state index contributed by atoms with van der Waals surface area (Å²) in [5.74, 6) is 0.741. The summed E-state index contributed by atoms with van der Waals surface area (Å²) in [5.41, 5.74) is 0.664. The van der Waals surface area contributed by atoms with Gasteiger partial charge in [0, 0.05) is 13.1 Å². The molecule has 0 aliphatic heterocycles. The summed E-state index contributed by atoms with van der Waals surface area (Å²) >= 11 is 0. The van der Waals surface area contributed by atoms with E-state index in [1.54, 1.807) is 7.11 Å². The standard InChI is InChI=1S/C16H25NO2/c1-4-6-12-17(13-7-5-2)16(18)14-10-8-9-11-15(14)19-3/h8-11H,4-7,12-13H2,1-3H3. The number of carbonyl (C=O) groups excluding carboxylic acids is 1. The van der Waals surface area contributed by atoms with Crippen LogP contribution in [0.5, 0.6) is 5.75 Å². The molecule has 106 valence electrons. The van der Waals surface area contributed by atoms with Crippen molar-refractivity contribution >= 4 is 5.91 Å². The average Bonchev–Trinajstić information content (AvgIpc) is 2.46. The number of benzene rings is 1. The Bertz CT molecular complexity index is 382. The molecule has 0 heterocycles. The van der Waals surface area contributed by atoms with Crippen LogP contribution in [0.15, 0.2) is 24.3 Å². The first-order valence-corrected chi connectivity index (χ1v) is 7.16. The summed E-state index contributed by atoms with van der Waals surface area (Å²) in [5, 5.41) is 0. The van der Waals surface area contributed by atoms with Crippen molar-refractivity contribution in [3.63, 3.8) is 0 Å². The van der Waals surface area contributed by atoms with Gasteiger partial charge < -0.3 is 9.64 Å². The number of ether oxygens (including phenoxy) is 1. The van der Waals surface area contributed by atoms with Gasteiger partial charge in [-0.25, -0.2) is 0 Å². The van der Waals surface area contributed by atoms with E-state index in [0.29, 0.717) is 11.3 Å². The van der Waals surface area contributed by atoms with Gasteiger partial charge in [0.1, 0.15) is 5.75 Å². The van der Waals surface area contributed by atoms with Gasteiger partial charge in [0.25, 0.3) is 5.91 Å². The Morgan fingerprint density at radius 1 is 1.11 bits per heavy atom. The van der Waals surface area contributed by atoms with Crippen LogP contribution < -0.4 is 4.74 Å². The van der Waals surface area contributed by atoms with E-state index in [1.807, 2.05) is 29.2 Å². The van der Waals surface area contributed by atoms with E-state index >= 15 is 0 Å². The van der Waals surface area contributed by atoms with Crippen LogP contribution in [0.1, 0.15) is 49.9 Å². The molecular weight excluding hydrogens is 238 g/mol. The van der Waals surface area contributed by atoms with Gasteiger partial charge in [-0.05, 0) is 25.0 Å². The second-order valence-electron chi connectivity index (χ2n) is 4.70. The first kappa shape index (κ1) is 15.5. The number of hydrogen-bond donors (Lipinski definition) is 0. The lowest BCUT2D eigenvalue weighted by Crippen LogP contribution is -2.33. The summed E-state index contributed by atoms with van der Waals surface area (Å²) in [6, 6.07) is 7.45. The van der Waals surface area contributed by atoms with Crippen molar-refractivity contribution in [3.05, 3.63) is 29.8 Å². The highest BCUT2D eigenvalue weighted by Crippen LogP contribution is 2.19. The Morgan fingerprint density at radius 3 is 2.21 bits per heavy atom. The van der Waals surface area contributed by atoms with Crippen LogP contribution in [-0.4, -0.2) is 31.0 Å². The molecule has 0 atom stereocenters. The van der Waals surface area contributed by atoms with Gasteiger partial charge >= 0.3 is 0 Å². The Hall–Kier alpha value is -1.51. The summed E-state index contributed by atoms with van der Waals surface area (Å²) in [4.78, 5) is 14.5. The van der Waals surface area contributed by atoms with E-state index in [4.69, 9.17) is 4.74 Å². The third-order valence-electron chi connectivity index (χ3n) is 3.19. The van der Waals surface area contributed by atoms with Crippen LogP contribution in [0.2, 0.25) is 0 Å². The van der Waals surface area contributed by atoms with Crippen molar-refractivity contribution in [2.45, 2.75) is 39.5 Å². The summed E-state index contributed by atoms with van der Waals surface area (Å²) in [7, 11) is 1.61. The number of nitrogens with zero attached hydrogens (tertiary/aromatic N) is 1. The molecular formula is C16H25NO2. The number of carbonyl (C=O) groups is 1. The minimum atomic E-state index is 0.0827. The van der Waals surface area contributed by atoms with Gasteiger partial charge in [-0.2, -0.15) is 0 Å². The lowest BCUT2D eigenvalue weighted by atomic mass is 10.1. The maximum absolute atomic E-state index is 12.6. The lowest BCUT2D eigenvalue weighted by molar-refractivity contribution is 0.0747. The molecule has 3 heteroatoms. The maximum Gasteiger partial charge on any atom is 0.257 e. The number of amides is 1. The molecule has 0 bridgehead atoms. The van der Waals surface area contributed by atoms with Gasteiger partial charge in [0.15, 0.2) is 0 Å². The molecule has 0 radical (unpaired) electrons. The third kappa shape index (κ3) is 4.58. The Morgan fingerprint density at radius 2 is 1.68 bits per heavy atom. The number of methoxy groups -OCH3 is 1. The van der Waals surface area contributed by atoms with Gasteiger partial charge in [0.05, 0.1) is 12.7 Å². The number of rotatable bonds is 8. The minimum Gasteiger partial charge on any atom is -0.496 e. The topological polar surface area (TPSA) is 29.5 Å². The van der Waals surface area contributed by atoms with E-state index in [0.717, 1.165) is 38.8 Å². The van der Waals surface area contributed by atoms with Crippen molar-refractivity contribution in [2.75, 3.05) is 20.2 Å². The van der Waals surface area contributed by atoms with Crippen molar-refractivity contribution in [1.29, 1.82) is 0 Å². The molecule has 0 aromatic heterocycles.